The molecule has 2 rings (SSSR count). The van der Waals surface area contributed by atoms with Gasteiger partial charge in [-0.2, -0.15) is 10.4 Å². The van der Waals surface area contributed by atoms with E-state index in [1.807, 2.05) is 39.0 Å². The third kappa shape index (κ3) is 2.15. The molecule has 1 aromatic carbocycles. The van der Waals surface area contributed by atoms with Crippen molar-refractivity contribution in [2.75, 3.05) is 0 Å². The molecule has 0 fully saturated rings. The fourth-order valence-corrected chi connectivity index (χ4v) is 2.04. The fraction of sp³-hybridized carbons (Fsp3) is 0.267. The zero-order chi connectivity index (χ0) is 14.2. The smallest absolute Gasteiger partial charge is 0.267 e. The third-order valence-corrected chi connectivity index (χ3v) is 3.53. The summed E-state index contributed by atoms with van der Waals surface area (Å²) in [6, 6.07) is 7.33. The van der Waals surface area contributed by atoms with Crippen LogP contribution in [0.15, 0.2) is 23.0 Å². The zero-order valence-corrected chi connectivity index (χ0v) is 11.5. The van der Waals surface area contributed by atoms with E-state index in [1.165, 1.54) is 21.9 Å². The molecule has 0 spiro atoms. The summed E-state index contributed by atoms with van der Waals surface area (Å²) in [7, 11) is 1.59. The highest BCUT2D eigenvalue weighted by Gasteiger charge is 2.13. The Balaban J connectivity index is 2.80. The van der Waals surface area contributed by atoms with Gasteiger partial charge in [-0.1, -0.05) is 12.1 Å². The first kappa shape index (κ1) is 13.0. The molecule has 19 heavy (non-hydrogen) atoms. The SMILES string of the molecule is Cc1ccc(-c2nn(C)c(=O)cc2C#N)c(C)c1C. The normalized spacial score (nSPS) is 10.3. The Morgan fingerprint density at radius 1 is 1.21 bits per heavy atom. The summed E-state index contributed by atoms with van der Waals surface area (Å²) < 4.78 is 1.25. The van der Waals surface area contributed by atoms with E-state index in [9.17, 15) is 10.1 Å². The second-order valence-electron chi connectivity index (χ2n) is 4.66. The molecule has 2 aromatic rings. The van der Waals surface area contributed by atoms with Gasteiger partial charge in [0.25, 0.3) is 5.56 Å². The molecule has 0 saturated heterocycles. The van der Waals surface area contributed by atoms with Gasteiger partial charge in [0.05, 0.1) is 5.56 Å². The van der Waals surface area contributed by atoms with Crippen LogP contribution in [-0.4, -0.2) is 9.78 Å². The molecule has 0 radical (unpaired) electrons. The summed E-state index contributed by atoms with van der Waals surface area (Å²) in [5.41, 5.74) is 4.96. The fourth-order valence-electron chi connectivity index (χ4n) is 2.04. The lowest BCUT2D eigenvalue weighted by atomic mass is 9.95. The largest absolute Gasteiger partial charge is 0.268 e. The van der Waals surface area contributed by atoms with Crippen molar-refractivity contribution in [3.05, 3.63) is 50.8 Å². The van der Waals surface area contributed by atoms with Gasteiger partial charge in [-0.05, 0) is 37.5 Å². The lowest BCUT2D eigenvalue weighted by Crippen LogP contribution is -2.20. The predicted octanol–water partition coefficient (Wildman–Crippen LogP) is 2.24. The second-order valence-corrected chi connectivity index (χ2v) is 4.66. The van der Waals surface area contributed by atoms with E-state index in [1.54, 1.807) is 7.05 Å². The van der Waals surface area contributed by atoms with E-state index in [-0.39, 0.29) is 5.56 Å². The van der Waals surface area contributed by atoms with Crippen molar-refractivity contribution in [3.8, 4) is 17.3 Å². The van der Waals surface area contributed by atoms with Crippen LogP contribution in [0.3, 0.4) is 0 Å². The minimum absolute atomic E-state index is 0.276. The van der Waals surface area contributed by atoms with Gasteiger partial charge in [0.2, 0.25) is 0 Å². The molecule has 96 valence electrons. The third-order valence-electron chi connectivity index (χ3n) is 3.53. The molecular formula is C15H15N3O. The Hall–Kier alpha value is -2.41. The lowest BCUT2D eigenvalue weighted by molar-refractivity contribution is 0.710. The summed E-state index contributed by atoms with van der Waals surface area (Å²) in [6.45, 7) is 6.10. The minimum atomic E-state index is -0.276. The summed E-state index contributed by atoms with van der Waals surface area (Å²) >= 11 is 0. The highest BCUT2D eigenvalue weighted by Crippen LogP contribution is 2.27. The highest BCUT2D eigenvalue weighted by molar-refractivity contribution is 5.70. The maximum absolute atomic E-state index is 11.5. The first-order valence-electron chi connectivity index (χ1n) is 6.01. The molecule has 0 aliphatic rings. The van der Waals surface area contributed by atoms with E-state index in [0.29, 0.717) is 11.3 Å². The predicted molar refractivity (Wildman–Crippen MR) is 73.8 cm³/mol. The molecule has 0 aliphatic heterocycles. The van der Waals surface area contributed by atoms with Crippen LogP contribution in [0.25, 0.3) is 11.3 Å². The average Bonchev–Trinajstić information content (AvgIpc) is 2.39. The highest BCUT2D eigenvalue weighted by atomic mass is 16.1. The van der Waals surface area contributed by atoms with E-state index < -0.39 is 0 Å². The van der Waals surface area contributed by atoms with Gasteiger partial charge >= 0.3 is 0 Å². The molecular weight excluding hydrogens is 238 g/mol. The first-order valence-corrected chi connectivity index (χ1v) is 6.01. The number of nitrogens with zero attached hydrogens (tertiary/aromatic N) is 3. The van der Waals surface area contributed by atoms with Gasteiger partial charge in [0.15, 0.2) is 0 Å². The van der Waals surface area contributed by atoms with Crippen LogP contribution in [-0.2, 0) is 7.05 Å². The molecule has 0 atom stereocenters. The minimum Gasteiger partial charge on any atom is -0.268 e. The topological polar surface area (TPSA) is 58.7 Å². The Bertz CT molecular complexity index is 751. The Morgan fingerprint density at radius 3 is 2.53 bits per heavy atom. The van der Waals surface area contributed by atoms with Crippen molar-refractivity contribution in [2.24, 2.45) is 7.05 Å². The quantitative estimate of drug-likeness (QED) is 0.783. The number of nitriles is 1. The molecule has 0 bridgehead atoms. The van der Waals surface area contributed by atoms with Crippen molar-refractivity contribution < 1.29 is 0 Å². The van der Waals surface area contributed by atoms with Gasteiger partial charge < -0.3 is 0 Å². The molecule has 0 N–H and O–H groups in total. The molecule has 0 aliphatic carbocycles. The molecule has 4 heteroatoms. The van der Waals surface area contributed by atoms with E-state index in [2.05, 4.69) is 5.10 Å². The lowest BCUT2D eigenvalue weighted by Gasteiger charge is -2.12. The number of aryl methyl sites for hydroxylation is 2. The molecule has 1 aromatic heterocycles. The van der Waals surface area contributed by atoms with Crippen LogP contribution in [0.5, 0.6) is 0 Å². The first-order chi connectivity index (χ1) is 8.95. The number of rotatable bonds is 1. The summed E-state index contributed by atoms with van der Waals surface area (Å²) in [5.74, 6) is 0. The number of aromatic nitrogens is 2. The zero-order valence-electron chi connectivity index (χ0n) is 11.5. The van der Waals surface area contributed by atoms with E-state index in [0.717, 1.165) is 11.1 Å². The van der Waals surface area contributed by atoms with Crippen LogP contribution in [0, 0.1) is 32.1 Å². The van der Waals surface area contributed by atoms with Crippen molar-refractivity contribution in [1.82, 2.24) is 9.78 Å². The van der Waals surface area contributed by atoms with Crippen LogP contribution in [0.4, 0.5) is 0 Å². The van der Waals surface area contributed by atoms with Gasteiger partial charge in [-0.15, -0.1) is 0 Å². The van der Waals surface area contributed by atoms with Crippen LogP contribution >= 0.6 is 0 Å². The number of hydrogen-bond donors (Lipinski definition) is 0. The Labute approximate surface area is 111 Å². The average molecular weight is 253 g/mol. The van der Waals surface area contributed by atoms with Crippen LogP contribution < -0.4 is 5.56 Å². The number of benzene rings is 1. The summed E-state index contributed by atoms with van der Waals surface area (Å²) in [6.07, 6.45) is 0. The monoisotopic (exact) mass is 253 g/mol. The molecule has 0 saturated carbocycles. The molecule has 4 nitrogen and oxygen atoms in total. The molecule has 0 amide bonds. The maximum atomic E-state index is 11.5. The summed E-state index contributed by atoms with van der Waals surface area (Å²) in [4.78, 5) is 11.5. The molecule has 1 heterocycles. The Morgan fingerprint density at radius 2 is 1.89 bits per heavy atom. The maximum Gasteiger partial charge on any atom is 0.267 e. The number of hydrogen-bond acceptors (Lipinski definition) is 3. The van der Waals surface area contributed by atoms with Crippen molar-refractivity contribution in [2.45, 2.75) is 20.8 Å². The second kappa shape index (κ2) is 4.69. The van der Waals surface area contributed by atoms with E-state index in [4.69, 9.17) is 0 Å². The van der Waals surface area contributed by atoms with E-state index >= 15 is 0 Å². The van der Waals surface area contributed by atoms with Gasteiger partial charge in [-0.25, -0.2) is 4.68 Å². The van der Waals surface area contributed by atoms with Crippen molar-refractivity contribution in [3.63, 3.8) is 0 Å². The Kier molecular flexibility index (Phi) is 3.22. The molecule has 0 unspecified atom stereocenters. The van der Waals surface area contributed by atoms with Gasteiger partial charge in [0, 0.05) is 18.7 Å². The summed E-state index contributed by atoms with van der Waals surface area (Å²) in [5, 5.41) is 13.4. The van der Waals surface area contributed by atoms with Crippen LogP contribution in [0.2, 0.25) is 0 Å². The van der Waals surface area contributed by atoms with Crippen molar-refractivity contribution >= 4 is 0 Å². The van der Waals surface area contributed by atoms with Gasteiger partial charge in [-0.3, -0.25) is 4.79 Å². The van der Waals surface area contributed by atoms with Gasteiger partial charge in [0.1, 0.15) is 11.8 Å². The van der Waals surface area contributed by atoms with Crippen molar-refractivity contribution in [1.29, 1.82) is 5.26 Å². The van der Waals surface area contributed by atoms with Crippen LogP contribution in [0.1, 0.15) is 22.3 Å². The standard InChI is InChI=1S/C15H15N3O/c1-9-5-6-13(11(3)10(9)2)15-12(8-16)7-14(19)18(4)17-15/h5-7H,1-4H3.